The summed E-state index contributed by atoms with van der Waals surface area (Å²) in [7, 11) is 0. The molecule has 0 spiro atoms. The normalized spacial score (nSPS) is 14.2. The lowest BCUT2D eigenvalue weighted by Gasteiger charge is -2.23. The molecule has 1 aromatic carbocycles. The number of carboxylic acid groups (broad SMARTS) is 1. The van der Waals surface area contributed by atoms with Crippen molar-refractivity contribution in [2.45, 2.75) is 25.5 Å². The maximum Gasteiger partial charge on any atom is 0.405 e. The van der Waals surface area contributed by atoms with Crippen LogP contribution in [-0.2, 0) is 0 Å². The van der Waals surface area contributed by atoms with Crippen molar-refractivity contribution in [1.82, 2.24) is 5.32 Å². The Kier molecular flexibility index (Phi) is 5.01. The molecule has 1 aromatic rings. The Morgan fingerprint density at radius 1 is 1.50 bits per heavy atom. The lowest BCUT2D eigenvalue weighted by atomic mass is 10.00. The first-order valence-corrected chi connectivity index (χ1v) is 6.06. The summed E-state index contributed by atoms with van der Waals surface area (Å²) in [6, 6.07) is 6.84. The Morgan fingerprint density at radius 2 is 2.12 bits per heavy atom. The van der Waals surface area contributed by atoms with Gasteiger partial charge in [-0.1, -0.05) is 25.1 Å². The molecule has 88 valence electrons. The smallest absolute Gasteiger partial charge is 0.405 e. The number of aliphatic hydroxyl groups is 1. The molecule has 4 nitrogen and oxygen atoms in total. The molecule has 0 aliphatic rings. The molecule has 5 heteroatoms. The van der Waals surface area contributed by atoms with Gasteiger partial charge >= 0.3 is 6.09 Å². The van der Waals surface area contributed by atoms with Gasteiger partial charge in [-0.25, -0.2) is 4.79 Å². The number of hydrogen-bond donors (Lipinski definition) is 3. The molecule has 2 unspecified atom stereocenters. The van der Waals surface area contributed by atoms with Crippen LogP contribution in [0.5, 0.6) is 0 Å². The highest BCUT2D eigenvalue weighted by molar-refractivity contribution is 14.1. The fraction of sp³-hybridized carbons (Fsp3) is 0.364. The molecule has 0 fully saturated rings. The topological polar surface area (TPSA) is 69.6 Å². The van der Waals surface area contributed by atoms with E-state index >= 15 is 0 Å². The predicted octanol–water partition coefficient (Wildman–Crippen LogP) is 2.37. The first-order valence-electron chi connectivity index (χ1n) is 4.98. The standard InChI is InChI=1S/C11H14INO3/c1-2-9(14)10(13-11(15)16)7-5-3-4-6-8(7)12/h3-6,9-10,13-14H,2H2,1H3,(H,15,16). The molecule has 16 heavy (non-hydrogen) atoms. The van der Waals surface area contributed by atoms with Crippen LogP contribution in [0.15, 0.2) is 24.3 Å². The lowest BCUT2D eigenvalue weighted by Crippen LogP contribution is -2.35. The largest absolute Gasteiger partial charge is 0.465 e. The fourth-order valence-corrected chi connectivity index (χ4v) is 2.20. The molecule has 0 bridgehead atoms. The number of hydrogen-bond acceptors (Lipinski definition) is 2. The van der Waals surface area contributed by atoms with E-state index in [1.165, 1.54) is 0 Å². The van der Waals surface area contributed by atoms with Gasteiger partial charge in [0.25, 0.3) is 0 Å². The maximum atomic E-state index is 10.7. The molecule has 1 rings (SSSR count). The van der Waals surface area contributed by atoms with Crippen LogP contribution >= 0.6 is 22.6 Å². The molecule has 0 aromatic heterocycles. The van der Waals surface area contributed by atoms with Crippen LogP contribution in [0.2, 0.25) is 0 Å². The molecule has 0 radical (unpaired) electrons. The Bertz CT molecular complexity index is 370. The summed E-state index contributed by atoms with van der Waals surface area (Å²) < 4.78 is 0.936. The summed E-state index contributed by atoms with van der Waals surface area (Å²) in [4.78, 5) is 10.7. The van der Waals surface area contributed by atoms with Crippen molar-refractivity contribution in [3.8, 4) is 0 Å². The summed E-state index contributed by atoms with van der Waals surface area (Å²) >= 11 is 2.13. The van der Waals surface area contributed by atoms with Gasteiger partial charge in [0.1, 0.15) is 0 Å². The molecule has 0 aliphatic carbocycles. The van der Waals surface area contributed by atoms with Crippen molar-refractivity contribution in [3.05, 3.63) is 33.4 Å². The van der Waals surface area contributed by atoms with E-state index in [1.807, 2.05) is 31.2 Å². The quantitative estimate of drug-likeness (QED) is 0.740. The number of halogens is 1. The summed E-state index contributed by atoms with van der Waals surface area (Å²) in [5.41, 5.74) is 0.805. The minimum absolute atomic E-state index is 0.496. The van der Waals surface area contributed by atoms with E-state index < -0.39 is 18.2 Å². The molecule has 0 heterocycles. The summed E-state index contributed by atoms with van der Waals surface area (Å²) in [5.74, 6) is 0. The average Bonchev–Trinajstić information content (AvgIpc) is 2.26. The van der Waals surface area contributed by atoms with Gasteiger partial charge in [-0.3, -0.25) is 0 Å². The molecular formula is C11H14INO3. The van der Waals surface area contributed by atoms with E-state index in [4.69, 9.17) is 5.11 Å². The van der Waals surface area contributed by atoms with E-state index in [0.29, 0.717) is 6.42 Å². The van der Waals surface area contributed by atoms with Crippen LogP contribution in [0.25, 0.3) is 0 Å². The van der Waals surface area contributed by atoms with E-state index in [9.17, 15) is 9.90 Å². The van der Waals surface area contributed by atoms with E-state index in [0.717, 1.165) is 9.13 Å². The number of amides is 1. The zero-order chi connectivity index (χ0) is 12.1. The van der Waals surface area contributed by atoms with Crippen LogP contribution in [0.3, 0.4) is 0 Å². The number of nitrogens with one attached hydrogen (secondary N) is 1. The van der Waals surface area contributed by atoms with Crippen molar-refractivity contribution in [3.63, 3.8) is 0 Å². The van der Waals surface area contributed by atoms with Gasteiger partial charge in [-0.15, -0.1) is 0 Å². The number of rotatable bonds is 4. The highest BCUT2D eigenvalue weighted by Crippen LogP contribution is 2.24. The monoisotopic (exact) mass is 335 g/mol. The third-order valence-electron chi connectivity index (χ3n) is 2.32. The predicted molar refractivity (Wildman–Crippen MR) is 69.4 cm³/mol. The van der Waals surface area contributed by atoms with Gasteiger partial charge in [0.15, 0.2) is 0 Å². The van der Waals surface area contributed by atoms with Crippen molar-refractivity contribution in [2.24, 2.45) is 0 Å². The Hall–Kier alpha value is -0.820. The second kappa shape index (κ2) is 6.05. The van der Waals surface area contributed by atoms with Gasteiger partial charge in [0, 0.05) is 3.57 Å². The Balaban J connectivity index is 3.01. The summed E-state index contributed by atoms with van der Waals surface area (Å²) in [6.45, 7) is 1.82. The summed E-state index contributed by atoms with van der Waals surface area (Å²) in [6.07, 6.45) is -1.35. The third kappa shape index (κ3) is 3.34. The molecule has 0 saturated heterocycles. The zero-order valence-corrected chi connectivity index (χ0v) is 11.0. The fourth-order valence-electron chi connectivity index (χ4n) is 1.48. The molecule has 0 aliphatic heterocycles. The number of benzene rings is 1. The second-order valence-corrected chi connectivity index (χ2v) is 4.59. The third-order valence-corrected chi connectivity index (χ3v) is 3.30. The van der Waals surface area contributed by atoms with E-state index in [2.05, 4.69) is 27.9 Å². The minimum atomic E-state index is -1.13. The van der Waals surface area contributed by atoms with Gasteiger partial charge in [0.2, 0.25) is 0 Å². The number of carbonyl (C=O) groups is 1. The van der Waals surface area contributed by atoms with E-state index in [1.54, 1.807) is 0 Å². The van der Waals surface area contributed by atoms with Crippen molar-refractivity contribution in [2.75, 3.05) is 0 Å². The first kappa shape index (κ1) is 13.2. The Morgan fingerprint density at radius 3 is 2.62 bits per heavy atom. The van der Waals surface area contributed by atoms with Crippen LogP contribution in [0.1, 0.15) is 24.9 Å². The highest BCUT2D eigenvalue weighted by atomic mass is 127. The zero-order valence-electron chi connectivity index (χ0n) is 8.85. The second-order valence-electron chi connectivity index (χ2n) is 3.42. The summed E-state index contributed by atoms with van der Waals surface area (Å²) in [5, 5.41) is 20.9. The first-order chi connectivity index (χ1) is 7.56. The van der Waals surface area contributed by atoms with Gasteiger partial charge in [-0.2, -0.15) is 0 Å². The maximum absolute atomic E-state index is 10.7. The molecule has 2 atom stereocenters. The number of aliphatic hydroxyl groups excluding tert-OH is 1. The van der Waals surface area contributed by atoms with Crippen LogP contribution in [0, 0.1) is 3.57 Å². The average molecular weight is 335 g/mol. The van der Waals surface area contributed by atoms with Crippen molar-refractivity contribution in [1.29, 1.82) is 0 Å². The van der Waals surface area contributed by atoms with Gasteiger partial charge in [-0.05, 0) is 40.6 Å². The van der Waals surface area contributed by atoms with Crippen molar-refractivity contribution < 1.29 is 15.0 Å². The molecular weight excluding hydrogens is 321 g/mol. The molecule has 0 saturated carbocycles. The molecule has 1 amide bonds. The van der Waals surface area contributed by atoms with Crippen LogP contribution < -0.4 is 5.32 Å². The van der Waals surface area contributed by atoms with Crippen molar-refractivity contribution >= 4 is 28.7 Å². The molecule has 3 N–H and O–H groups in total. The van der Waals surface area contributed by atoms with Crippen LogP contribution in [-0.4, -0.2) is 22.4 Å². The van der Waals surface area contributed by atoms with Crippen LogP contribution in [0.4, 0.5) is 4.79 Å². The Labute approximate surface area is 108 Å². The lowest BCUT2D eigenvalue weighted by molar-refractivity contribution is 0.116. The highest BCUT2D eigenvalue weighted by Gasteiger charge is 2.23. The van der Waals surface area contributed by atoms with E-state index in [-0.39, 0.29) is 0 Å². The van der Waals surface area contributed by atoms with Gasteiger partial charge in [0.05, 0.1) is 12.1 Å². The van der Waals surface area contributed by atoms with Gasteiger partial charge < -0.3 is 15.5 Å². The SMILES string of the molecule is CCC(O)C(NC(=O)O)c1ccccc1I. The minimum Gasteiger partial charge on any atom is -0.465 e.